The summed E-state index contributed by atoms with van der Waals surface area (Å²) in [6.07, 6.45) is 3.76. The van der Waals surface area contributed by atoms with Crippen LogP contribution < -0.4 is 0 Å². The van der Waals surface area contributed by atoms with E-state index in [0.29, 0.717) is 11.6 Å². The van der Waals surface area contributed by atoms with Gasteiger partial charge >= 0.3 is 0 Å². The van der Waals surface area contributed by atoms with Crippen molar-refractivity contribution in [2.45, 2.75) is 0 Å². The highest BCUT2D eigenvalue weighted by molar-refractivity contribution is 5.77. The van der Waals surface area contributed by atoms with Gasteiger partial charge in [-0.2, -0.15) is 0 Å². The van der Waals surface area contributed by atoms with E-state index < -0.39 is 0 Å². The van der Waals surface area contributed by atoms with Gasteiger partial charge in [0.1, 0.15) is 0 Å². The maximum Gasteiger partial charge on any atom is 0.205 e. The minimum Gasteiger partial charge on any atom is -0.327 e. The molecule has 0 aliphatic carbocycles. The van der Waals surface area contributed by atoms with Crippen molar-refractivity contribution < 1.29 is 0 Å². The lowest BCUT2D eigenvalue weighted by Gasteiger charge is -1.95. The van der Waals surface area contributed by atoms with Crippen LogP contribution in [0.15, 0.2) is 67.0 Å². The van der Waals surface area contributed by atoms with Crippen molar-refractivity contribution in [1.29, 1.82) is 0 Å². The van der Waals surface area contributed by atoms with Crippen molar-refractivity contribution in [2.24, 2.45) is 7.05 Å². The second kappa shape index (κ2) is 5.98. The van der Waals surface area contributed by atoms with Crippen LogP contribution in [0.25, 0.3) is 22.2 Å². The Balaban J connectivity index is 1.68. The van der Waals surface area contributed by atoms with E-state index in [1.165, 1.54) is 0 Å². The molecule has 0 atom stereocenters. The summed E-state index contributed by atoms with van der Waals surface area (Å²) in [6, 6.07) is 17.9. The number of aryl methyl sites for hydroxylation is 1. The van der Waals surface area contributed by atoms with E-state index in [4.69, 9.17) is 0 Å². The van der Waals surface area contributed by atoms with Crippen LogP contribution in [0.2, 0.25) is 0 Å². The number of hydrogen-bond donors (Lipinski definition) is 0. The molecule has 0 aliphatic heterocycles. The van der Waals surface area contributed by atoms with Crippen molar-refractivity contribution in [3.63, 3.8) is 0 Å². The summed E-state index contributed by atoms with van der Waals surface area (Å²) in [4.78, 5) is 13.3. The molecule has 0 unspecified atom stereocenters. The average molecular weight is 310 g/mol. The van der Waals surface area contributed by atoms with Crippen LogP contribution in [0.5, 0.6) is 0 Å². The molecule has 0 spiro atoms. The molecule has 0 radical (unpaired) electrons. The molecular formula is C20H14N4. The highest BCUT2D eigenvalue weighted by atomic mass is 15.0. The van der Waals surface area contributed by atoms with Gasteiger partial charge in [0.15, 0.2) is 5.82 Å². The van der Waals surface area contributed by atoms with E-state index >= 15 is 0 Å². The minimum absolute atomic E-state index is 0.498. The molecule has 0 N–H and O–H groups in total. The van der Waals surface area contributed by atoms with Gasteiger partial charge < -0.3 is 4.57 Å². The molecule has 4 nitrogen and oxygen atoms in total. The minimum atomic E-state index is 0.498. The van der Waals surface area contributed by atoms with Crippen LogP contribution in [0.3, 0.4) is 0 Å². The van der Waals surface area contributed by atoms with Gasteiger partial charge in [0.05, 0.1) is 11.2 Å². The van der Waals surface area contributed by atoms with Gasteiger partial charge in [-0.05, 0) is 17.9 Å². The molecule has 4 aromatic rings. The summed E-state index contributed by atoms with van der Waals surface area (Å²) in [5.41, 5.74) is 2.87. The van der Waals surface area contributed by atoms with Gasteiger partial charge in [0.2, 0.25) is 5.82 Å². The number of benzene rings is 2. The summed E-state index contributed by atoms with van der Waals surface area (Å²) in [5, 5.41) is 1.01. The van der Waals surface area contributed by atoms with E-state index in [9.17, 15) is 0 Å². The lowest BCUT2D eigenvalue weighted by molar-refractivity contribution is 0.893. The van der Waals surface area contributed by atoms with Crippen LogP contribution in [-0.2, 0) is 7.05 Å². The third kappa shape index (κ3) is 2.75. The Morgan fingerprint density at radius 3 is 2.54 bits per heavy atom. The highest BCUT2D eigenvalue weighted by Gasteiger charge is 2.05. The molecule has 0 fully saturated rings. The van der Waals surface area contributed by atoms with Crippen LogP contribution >= 0.6 is 0 Å². The van der Waals surface area contributed by atoms with Gasteiger partial charge in [-0.25, -0.2) is 15.0 Å². The second-order valence-corrected chi connectivity index (χ2v) is 5.43. The Morgan fingerprint density at radius 2 is 1.67 bits per heavy atom. The average Bonchev–Trinajstić information content (AvgIpc) is 3.01. The second-order valence-electron chi connectivity index (χ2n) is 5.43. The highest BCUT2D eigenvalue weighted by Crippen LogP contribution is 2.17. The Labute approximate surface area is 139 Å². The summed E-state index contributed by atoms with van der Waals surface area (Å²) in [6.45, 7) is 0. The van der Waals surface area contributed by atoms with Crippen LogP contribution in [0.1, 0.15) is 11.6 Å². The first-order valence-corrected chi connectivity index (χ1v) is 7.62. The summed E-state index contributed by atoms with van der Waals surface area (Å²) in [5.74, 6) is 7.25. The van der Waals surface area contributed by atoms with E-state index in [1.807, 2.05) is 72.4 Å². The topological polar surface area (TPSA) is 43.6 Å². The largest absolute Gasteiger partial charge is 0.327 e. The maximum absolute atomic E-state index is 4.59. The molecule has 114 valence electrons. The summed E-state index contributed by atoms with van der Waals surface area (Å²) in [7, 11) is 1.94. The number of aromatic nitrogens is 4. The van der Waals surface area contributed by atoms with Gasteiger partial charge in [0, 0.05) is 30.4 Å². The number of hydrogen-bond acceptors (Lipinski definition) is 3. The van der Waals surface area contributed by atoms with E-state index in [-0.39, 0.29) is 0 Å². The first kappa shape index (κ1) is 14.2. The molecule has 0 aliphatic rings. The third-order valence-corrected chi connectivity index (χ3v) is 3.72. The van der Waals surface area contributed by atoms with Gasteiger partial charge in [-0.1, -0.05) is 48.5 Å². The molecule has 2 aromatic carbocycles. The lowest BCUT2D eigenvalue weighted by Crippen LogP contribution is -1.92. The quantitative estimate of drug-likeness (QED) is 0.506. The van der Waals surface area contributed by atoms with Gasteiger partial charge in [-0.3, -0.25) is 0 Å². The summed E-state index contributed by atoms with van der Waals surface area (Å²) >= 11 is 0. The van der Waals surface area contributed by atoms with Gasteiger partial charge in [-0.15, -0.1) is 0 Å². The zero-order valence-electron chi connectivity index (χ0n) is 13.1. The monoisotopic (exact) mass is 310 g/mol. The molecule has 24 heavy (non-hydrogen) atoms. The number of nitrogens with zero attached hydrogens (tertiary/aromatic N) is 4. The zero-order valence-corrected chi connectivity index (χ0v) is 13.1. The molecule has 0 saturated carbocycles. The maximum atomic E-state index is 4.59. The molecule has 2 heterocycles. The fourth-order valence-corrected chi connectivity index (χ4v) is 2.47. The molecule has 0 bridgehead atoms. The first-order chi connectivity index (χ1) is 11.8. The van der Waals surface area contributed by atoms with Crippen LogP contribution in [-0.4, -0.2) is 19.5 Å². The molecule has 2 aromatic heterocycles. The normalized spacial score (nSPS) is 10.4. The predicted octanol–water partition coefficient (Wildman–Crippen LogP) is 3.43. The standard InChI is InChI=1S/C20H14N4/c1-24-14-18(15-7-3-2-4-8-15)23-20(24)12-11-19-21-13-16-9-5-6-10-17(16)22-19/h2-10,13-14H,1H3. The molecule has 0 saturated heterocycles. The smallest absolute Gasteiger partial charge is 0.205 e. The Hall–Kier alpha value is -3.45. The number of rotatable bonds is 1. The van der Waals surface area contributed by atoms with Crippen LogP contribution in [0, 0.1) is 11.8 Å². The number of imidazole rings is 1. The van der Waals surface area contributed by atoms with Gasteiger partial charge in [0.25, 0.3) is 0 Å². The van der Waals surface area contributed by atoms with Crippen molar-refractivity contribution >= 4 is 10.9 Å². The van der Waals surface area contributed by atoms with E-state index in [2.05, 4.69) is 26.8 Å². The van der Waals surface area contributed by atoms with Crippen molar-refractivity contribution in [3.8, 4) is 23.1 Å². The third-order valence-electron chi connectivity index (χ3n) is 3.72. The Morgan fingerprint density at radius 1 is 0.875 bits per heavy atom. The molecular weight excluding hydrogens is 296 g/mol. The van der Waals surface area contributed by atoms with E-state index in [1.54, 1.807) is 6.20 Å². The summed E-state index contributed by atoms with van der Waals surface area (Å²) < 4.78 is 1.91. The molecule has 0 amide bonds. The molecule has 4 heteroatoms. The van der Waals surface area contributed by atoms with Crippen molar-refractivity contribution in [3.05, 3.63) is 78.6 Å². The molecule has 4 rings (SSSR count). The van der Waals surface area contributed by atoms with Crippen molar-refractivity contribution in [2.75, 3.05) is 0 Å². The van der Waals surface area contributed by atoms with E-state index in [0.717, 1.165) is 22.2 Å². The Kier molecular flexibility index (Phi) is 3.53. The zero-order chi connectivity index (χ0) is 16.4. The SMILES string of the molecule is Cn1cc(-c2ccccc2)nc1C#Cc1ncc2ccccc2n1. The lowest BCUT2D eigenvalue weighted by atomic mass is 10.2. The fraction of sp³-hybridized carbons (Fsp3) is 0.0500. The Bertz CT molecular complexity index is 1070. The van der Waals surface area contributed by atoms with Crippen LogP contribution in [0.4, 0.5) is 0 Å². The predicted molar refractivity (Wildman–Crippen MR) is 94.2 cm³/mol. The first-order valence-electron chi connectivity index (χ1n) is 7.62. The number of fused-ring (bicyclic) bond motifs is 1. The van der Waals surface area contributed by atoms with Crippen molar-refractivity contribution in [1.82, 2.24) is 19.5 Å². The fourth-order valence-electron chi connectivity index (χ4n) is 2.47. The number of para-hydroxylation sites is 1.